The van der Waals surface area contributed by atoms with E-state index >= 15 is 0 Å². The summed E-state index contributed by atoms with van der Waals surface area (Å²) >= 11 is 0. The zero-order valence-corrected chi connectivity index (χ0v) is 17.9. The standard InChI is InChI=1S/C27H33NO/c1-27(2,25-16-8-5-9-17-25)19-24-15-11-10-14-23(24)18-26(29-3)21-28-20-22-12-6-4-7-13-22/h4-17,26,28H,18-21H2,1-3H3. The van der Waals surface area contributed by atoms with Gasteiger partial charge < -0.3 is 10.1 Å². The molecule has 3 aromatic carbocycles. The molecule has 0 bridgehead atoms. The minimum Gasteiger partial charge on any atom is -0.380 e. The first-order chi connectivity index (χ1) is 14.1. The highest BCUT2D eigenvalue weighted by atomic mass is 16.5. The predicted octanol–water partition coefficient (Wildman–Crippen LogP) is 5.55. The Morgan fingerprint density at radius 1 is 0.793 bits per heavy atom. The largest absolute Gasteiger partial charge is 0.380 e. The third kappa shape index (κ3) is 6.28. The van der Waals surface area contributed by atoms with Crippen molar-refractivity contribution >= 4 is 0 Å². The lowest BCUT2D eigenvalue weighted by Gasteiger charge is -2.27. The first-order valence-electron chi connectivity index (χ1n) is 10.5. The van der Waals surface area contributed by atoms with Gasteiger partial charge in [-0.3, -0.25) is 0 Å². The van der Waals surface area contributed by atoms with Gasteiger partial charge >= 0.3 is 0 Å². The summed E-state index contributed by atoms with van der Waals surface area (Å²) in [5.41, 5.74) is 5.55. The molecule has 0 fully saturated rings. The van der Waals surface area contributed by atoms with Crippen LogP contribution in [0.4, 0.5) is 0 Å². The fraction of sp³-hybridized carbons (Fsp3) is 0.333. The summed E-state index contributed by atoms with van der Waals surface area (Å²) in [4.78, 5) is 0. The highest BCUT2D eigenvalue weighted by Crippen LogP contribution is 2.29. The van der Waals surface area contributed by atoms with Gasteiger partial charge in [0.2, 0.25) is 0 Å². The molecule has 3 aromatic rings. The van der Waals surface area contributed by atoms with Gasteiger partial charge in [-0.2, -0.15) is 0 Å². The maximum atomic E-state index is 5.80. The van der Waals surface area contributed by atoms with Gasteiger partial charge in [0.1, 0.15) is 0 Å². The van der Waals surface area contributed by atoms with Gasteiger partial charge in [-0.05, 0) is 34.1 Å². The van der Waals surface area contributed by atoms with E-state index in [0.29, 0.717) is 0 Å². The Balaban J connectivity index is 1.64. The zero-order valence-electron chi connectivity index (χ0n) is 17.9. The fourth-order valence-electron chi connectivity index (χ4n) is 3.85. The van der Waals surface area contributed by atoms with Crippen LogP contribution in [-0.2, 0) is 29.5 Å². The quantitative estimate of drug-likeness (QED) is 0.492. The van der Waals surface area contributed by atoms with Crippen molar-refractivity contribution in [3.05, 3.63) is 107 Å². The molecule has 0 aliphatic rings. The summed E-state index contributed by atoms with van der Waals surface area (Å²) in [5, 5.41) is 3.54. The lowest BCUT2D eigenvalue weighted by atomic mass is 9.78. The summed E-state index contributed by atoms with van der Waals surface area (Å²) in [7, 11) is 1.81. The second-order valence-electron chi connectivity index (χ2n) is 8.37. The molecular weight excluding hydrogens is 354 g/mol. The molecule has 1 unspecified atom stereocenters. The number of ether oxygens (including phenoxy) is 1. The van der Waals surface area contributed by atoms with Crippen molar-refractivity contribution < 1.29 is 4.74 Å². The van der Waals surface area contributed by atoms with E-state index < -0.39 is 0 Å². The van der Waals surface area contributed by atoms with Gasteiger partial charge in [0.25, 0.3) is 0 Å². The van der Waals surface area contributed by atoms with Crippen molar-refractivity contribution in [2.75, 3.05) is 13.7 Å². The molecule has 3 rings (SSSR count). The van der Waals surface area contributed by atoms with Crippen LogP contribution in [0.3, 0.4) is 0 Å². The molecule has 2 heteroatoms. The lowest BCUT2D eigenvalue weighted by Crippen LogP contribution is -2.30. The van der Waals surface area contributed by atoms with E-state index in [2.05, 4.69) is 104 Å². The number of nitrogens with one attached hydrogen (secondary N) is 1. The molecule has 29 heavy (non-hydrogen) atoms. The predicted molar refractivity (Wildman–Crippen MR) is 122 cm³/mol. The Morgan fingerprint density at radius 2 is 1.38 bits per heavy atom. The Morgan fingerprint density at radius 3 is 2.03 bits per heavy atom. The van der Waals surface area contributed by atoms with E-state index in [1.807, 2.05) is 7.11 Å². The molecule has 1 atom stereocenters. The van der Waals surface area contributed by atoms with Crippen molar-refractivity contribution in [3.8, 4) is 0 Å². The Kier molecular flexibility index (Phi) is 7.62. The highest BCUT2D eigenvalue weighted by molar-refractivity contribution is 5.33. The van der Waals surface area contributed by atoms with Crippen LogP contribution in [0.5, 0.6) is 0 Å². The number of benzene rings is 3. The SMILES string of the molecule is COC(CNCc1ccccc1)Cc1ccccc1CC(C)(C)c1ccccc1. The first kappa shape index (κ1) is 21.3. The third-order valence-electron chi connectivity index (χ3n) is 5.63. The molecule has 0 heterocycles. The van der Waals surface area contributed by atoms with E-state index in [-0.39, 0.29) is 11.5 Å². The van der Waals surface area contributed by atoms with Gasteiger partial charge in [0, 0.05) is 26.6 Å². The molecular formula is C27H33NO. The average Bonchev–Trinajstić information content (AvgIpc) is 2.75. The van der Waals surface area contributed by atoms with E-state index in [1.54, 1.807) is 0 Å². The Labute approximate surface area is 175 Å². The molecule has 0 spiro atoms. The van der Waals surface area contributed by atoms with Crippen LogP contribution in [-0.4, -0.2) is 19.8 Å². The topological polar surface area (TPSA) is 21.3 Å². The van der Waals surface area contributed by atoms with Crippen LogP contribution in [0, 0.1) is 0 Å². The smallest absolute Gasteiger partial charge is 0.0736 e. The van der Waals surface area contributed by atoms with Gasteiger partial charge in [-0.1, -0.05) is 98.8 Å². The molecule has 2 nitrogen and oxygen atoms in total. The maximum Gasteiger partial charge on any atom is 0.0736 e. The van der Waals surface area contributed by atoms with E-state index in [9.17, 15) is 0 Å². The highest BCUT2D eigenvalue weighted by Gasteiger charge is 2.22. The molecule has 0 amide bonds. The molecule has 0 saturated carbocycles. The first-order valence-corrected chi connectivity index (χ1v) is 10.5. The normalized spacial score (nSPS) is 12.7. The Hall–Kier alpha value is -2.42. The van der Waals surface area contributed by atoms with Gasteiger partial charge in [0.15, 0.2) is 0 Å². The van der Waals surface area contributed by atoms with Crippen LogP contribution in [0.25, 0.3) is 0 Å². The second kappa shape index (κ2) is 10.4. The number of hydrogen-bond acceptors (Lipinski definition) is 2. The summed E-state index contributed by atoms with van der Waals surface area (Å²) in [5.74, 6) is 0. The number of rotatable bonds is 10. The minimum absolute atomic E-state index is 0.0888. The van der Waals surface area contributed by atoms with Crippen LogP contribution in [0.15, 0.2) is 84.9 Å². The van der Waals surface area contributed by atoms with Crippen molar-refractivity contribution in [1.29, 1.82) is 0 Å². The molecule has 1 N–H and O–H groups in total. The molecule has 0 radical (unpaired) electrons. The van der Waals surface area contributed by atoms with Crippen molar-refractivity contribution in [2.45, 2.75) is 44.8 Å². The second-order valence-corrected chi connectivity index (χ2v) is 8.37. The summed E-state index contributed by atoms with van der Waals surface area (Å²) in [6.45, 7) is 6.36. The van der Waals surface area contributed by atoms with E-state index in [4.69, 9.17) is 4.74 Å². The molecule has 0 aliphatic heterocycles. The van der Waals surface area contributed by atoms with Crippen LogP contribution < -0.4 is 5.32 Å². The third-order valence-corrected chi connectivity index (χ3v) is 5.63. The molecule has 0 aromatic heterocycles. The van der Waals surface area contributed by atoms with Gasteiger partial charge in [-0.25, -0.2) is 0 Å². The lowest BCUT2D eigenvalue weighted by molar-refractivity contribution is 0.101. The minimum atomic E-state index is 0.0888. The average molecular weight is 388 g/mol. The molecule has 152 valence electrons. The number of hydrogen-bond donors (Lipinski definition) is 1. The van der Waals surface area contributed by atoms with E-state index in [0.717, 1.165) is 25.9 Å². The van der Waals surface area contributed by atoms with E-state index in [1.165, 1.54) is 22.3 Å². The summed E-state index contributed by atoms with van der Waals surface area (Å²) < 4.78 is 5.80. The molecule has 0 saturated heterocycles. The van der Waals surface area contributed by atoms with Crippen molar-refractivity contribution in [2.24, 2.45) is 0 Å². The maximum absolute atomic E-state index is 5.80. The van der Waals surface area contributed by atoms with Gasteiger partial charge in [0.05, 0.1) is 6.10 Å². The monoisotopic (exact) mass is 387 g/mol. The zero-order chi connectivity index (χ0) is 20.5. The molecule has 0 aliphatic carbocycles. The Bertz CT molecular complexity index is 858. The van der Waals surface area contributed by atoms with Crippen molar-refractivity contribution in [3.63, 3.8) is 0 Å². The fourth-order valence-corrected chi connectivity index (χ4v) is 3.85. The summed E-state index contributed by atoms with van der Waals surface area (Å²) in [6.07, 6.45) is 2.08. The number of methoxy groups -OCH3 is 1. The van der Waals surface area contributed by atoms with Gasteiger partial charge in [-0.15, -0.1) is 0 Å². The van der Waals surface area contributed by atoms with Crippen molar-refractivity contribution in [1.82, 2.24) is 5.32 Å². The van der Waals surface area contributed by atoms with Crippen LogP contribution >= 0.6 is 0 Å². The van der Waals surface area contributed by atoms with Crippen LogP contribution in [0.1, 0.15) is 36.1 Å². The van der Waals surface area contributed by atoms with Crippen LogP contribution in [0.2, 0.25) is 0 Å². The summed E-state index contributed by atoms with van der Waals surface area (Å²) in [6, 6.07) is 30.1.